The molecule has 1 N–H and O–H groups in total. The van der Waals surface area contributed by atoms with Crippen molar-refractivity contribution in [3.05, 3.63) is 23.8 Å². The smallest absolute Gasteiger partial charge is 0.124 e. The fourth-order valence-corrected chi connectivity index (χ4v) is 4.44. The predicted molar refractivity (Wildman–Crippen MR) is 82.9 cm³/mol. The van der Waals surface area contributed by atoms with Gasteiger partial charge >= 0.3 is 0 Å². The molecule has 2 atom stereocenters. The molecule has 0 amide bonds. The van der Waals surface area contributed by atoms with Gasteiger partial charge in [0.25, 0.3) is 0 Å². The monoisotopic (exact) mass is 287 g/mol. The number of rotatable bonds is 3. The summed E-state index contributed by atoms with van der Waals surface area (Å²) in [7, 11) is 0. The number of likely N-dealkylation sites (tertiary alicyclic amines) is 1. The molecule has 1 aliphatic carbocycles. The minimum atomic E-state index is 0.115. The molecule has 0 bridgehead atoms. The summed E-state index contributed by atoms with van der Waals surface area (Å²) in [6, 6.07) is 5.61. The number of aromatic hydroxyl groups is 1. The van der Waals surface area contributed by atoms with Gasteiger partial charge in [-0.05, 0) is 56.3 Å². The Labute approximate surface area is 126 Å². The number of hydrogen-bond acceptors (Lipinski definition) is 3. The first-order chi connectivity index (χ1) is 10.2. The van der Waals surface area contributed by atoms with Gasteiger partial charge in [0.2, 0.25) is 0 Å². The van der Waals surface area contributed by atoms with Crippen LogP contribution in [0.5, 0.6) is 11.5 Å². The van der Waals surface area contributed by atoms with Crippen molar-refractivity contribution < 1.29 is 9.84 Å². The highest BCUT2D eigenvalue weighted by Crippen LogP contribution is 2.50. The Hall–Kier alpha value is -1.22. The van der Waals surface area contributed by atoms with Gasteiger partial charge in [-0.1, -0.05) is 13.3 Å². The lowest BCUT2D eigenvalue weighted by atomic mass is 9.70. The fourth-order valence-electron chi connectivity index (χ4n) is 4.44. The number of fused-ring (bicyclic) bond motifs is 3. The van der Waals surface area contributed by atoms with Crippen molar-refractivity contribution in [3.63, 3.8) is 0 Å². The lowest BCUT2D eigenvalue weighted by Gasteiger charge is -2.44. The summed E-state index contributed by atoms with van der Waals surface area (Å²) in [5.41, 5.74) is 1.35. The number of benzene rings is 1. The molecule has 0 unspecified atom stereocenters. The maximum absolute atomic E-state index is 9.84. The molecule has 1 saturated heterocycles. The SMILES string of the molecule is CC[C@@]12CCN(CC3CCC3)C[C@@H]1Oc1ccc(O)cc12. The molecule has 21 heavy (non-hydrogen) atoms. The summed E-state index contributed by atoms with van der Waals surface area (Å²) in [5.74, 6) is 2.28. The van der Waals surface area contributed by atoms with Gasteiger partial charge in [0.15, 0.2) is 0 Å². The van der Waals surface area contributed by atoms with E-state index in [1.165, 1.54) is 37.9 Å². The van der Waals surface area contributed by atoms with Crippen molar-refractivity contribution in [2.75, 3.05) is 19.6 Å². The molecule has 3 heteroatoms. The molecule has 114 valence electrons. The number of ether oxygens (including phenoxy) is 1. The van der Waals surface area contributed by atoms with Gasteiger partial charge in [-0.3, -0.25) is 4.90 Å². The topological polar surface area (TPSA) is 32.7 Å². The zero-order valence-electron chi connectivity index (χ0n) is 12.8. The largest absolute Gasteiger partial charge is 0.508 e. The molecule has 0 aromatic heterocycles. The molecule has 3 nitrogen and oxygen atoms in total. The zero-order valence-corrected chi connectivity index (χ0v) is 12.8. The van der Waals surface area contributed by atoms with Crippen LogP contribution in [0, 0.1) is 5.92 Å². The Morgan fingerprint density at radius 3 is 2.95 bits per heavy atom. The molecule has 1 saturated carbocycles. The van der Waals surface area contributed by atoms with Crippen LogP contribution in [0.1, 0.15) is 44.6 Å². The van der Waals surface area contributed by atoms with Gasteiger partial charge in [0.1, 0.15) is 17.6 Å². The van der Waals surface area contributed by atoms with E-state index in [0.717, 1.165) is 31.1 Å². The maximum Gasteiger partial charge on any atom is 0.124 e. The average molecular weight is 287 g/mol. The minimum absolute atomic E-state index is 0.115. The van der Waals surface area contributed by atoms with Crippen LogP contribution in [0.2, 0.25) is 0 Å². The van der Waals surface area contributed by atoms with E-state index in [1.54, 1.807) is 6.07 Å². The fraction of sp³-hybridized carbons (Fsp3) is 0.667. The molecular formula is C18H25NO2. The maximum atomic E-state index is 9.84. The summed E-state index contributed by atoms with van der Waals surface area (Å²) >= 11 is 0. The average Bonchev–Trinajstić information content (AvgIpc) is 2.76. The Morgan fingerprint density at radius 2 is 2.24 bits per heavy atom. The lowest BCUT2D eigenvalue weighted by molar-refractivity contribution is 0.0266. The molecule has 2 aliphatic heterocycles. The van der Waals surface area contributed by atoms with E-state index in [2.05, 4.69) is 11.8 Å². The van der Waals surface area contributed by atoms with Crippen molar-refractivity contribution in [1.29, 1.82) is 0 Å². The van der Waals surface area contributed by atoms with E-state index in [1.807, 2.05) is 12.1 Å². The highest BCUT2D eigenvalue weighted by Gasteiger charge is 2.50. The molecule has 2 fully saturated rings. The van der Waals surface area contributed by atoms with E-state index in [9.17, 15) is 5.11 Å². The van der Waals surface area contributed by atoms with Gasteiger partial charge in [-0.25, -0.2) is 0 Å². The third kappa shape index (κ3) is 2.05. The lowest BCUT2D eigenvalue weighted by Crippen LogP contribution is -2.53. The van der Waals surface area contributed by atoms with Crippen molar-refractivity contribution in [2.45, 2.75) is 50.5 Å². The molecule has 3 aliphatic rings. The molecule has 0 spiro atoms. The van der Waals surface area contributed by atoms with Crippen molar-refractivity contribution >= 4 is 0 Å². The first-order valence-corrected chi connectivity index (χ1v) is 8.44. The Bertz CT molecular complexity index is 540. The van der Waals surface area contributed by atoms with Crippen molar-refractivity contribution in [3.8, 4) is 11.5 Å². The predicted octanol–water partition coefficient (Wildman–Crippen LogP) is 3.31. The van der Waals surface area contributed by atoms with Crippen LogP contribution >= 0.6 is 0 Å². The van der Waals surface area contributed by atoms with Gasteiger partial charge in [-0.15, -0.1) is 0 Å². The van der Waals surface area contributed by atoms with E-state index >= 15 is 0 Å². The second-order valence-corrected chi connectivity index (χ2v) is 7.10. The number of nitrogens with zero attached hydrogens (tertiary/aromatic N) is 1. The summed E-state index contributed by atoms with van der Waals surface area (Å²) in [5, 5.41) is 9.84. The number of piperidine rings is 1. The zero-order chi connectivity index (χ0) is 14.4. The van der Waals surface area contributed by atoms with Crippen molar-refractivity contribution in [2.24, 2.45) is 5.92 Å². The Kier molecular flexibility index (Phi) is 3.14. The number of phenols is 1. The van der Waals surface area contributed by atoms with Crippen LogP contribution in [0.15, 0.2) is 18.2 Å². The number of phenolic OH excluding ortho intramolecular Hbond substituents is 1. The summed E-state index contributed by atoms with van der Waals surface area (Å²) in [6.07, 6.45) is 6.74. The highest BCUT2D eigenvalue weighted by molar-refractivity contribution is 5.49. The number of hydrogen-bond donors (Lipinski definition) is 1. The second-order valence-electron chi connectivity index (χ2n) is 7.10. The molecular weight excluding hydrogens is 262 g/mol. The van der Waals surface area contributed by atoms with Crippen LogP contribution < -0.4 is 4.74 Å². The van der Waals surface area contributed by atoms with E-state index in [4.69, 9.17) is 4.74 Å². The van der Waals surface area contributed by atoms with E-state index in [-0.39, 0.29) is 11.5 Å². The van der Waals surface area contributed by atoms with Crippen LogP contribution in [0.4, 0.5) is 0 Å². The summed E-state index contributed by atoms with van der Waals surface area (Å²) < 4.78 is 6.27. The van der Waals surface area contributed by atoms with Gasteiger partial charge in [0, 0.05) is 24.1 Å². The Balaban J connectivity index is 1.57. The van der Waals surface area contributed by atoms with Crippen molar-refractivity contribution in [1.82, 2.24) is 4.90 Å². The van der Waals surface area contributed by atoms with Gasteiger partial charge in [-0.2, -0.15) is 0 Å². The van der Waals surface area contributed by atoms with Crippen LogP contribution in [-0.2, 0) is 5.41 Å². The Morgan fingerprint density at radius 1 is 1.38 bits per heavy atom. The molecule has 2 heterocycles. The van der Waals surface area contributed by atoms with E-state index < -0.39 is 0 Å². The van der Waals surface area contributed by atoms with Gasteiger partial charge in [0.05, 0.1) is 0 Å². The van der Waals surface area contributed by atoms with Gasteiger partial charge < -0.3 is 9.84 Å². The highest BCUT2D eigenvalue weighted by atomic mass is 16.5. The second kappa shape index (κ2) is 4.91. The molecule has 1 aromatic rings. The summed E-state index contributed by atoms with van der Waals surface area (Å²) in [4.78, 5) is 2.61. The van der Waals surface area contributed by atoms with Crippen LogP contribution in [-0.4, -0.2) is 35.7 Å². The molecule has 4 rings (SSSR count). The molecule has 1 aromatic carbocycles. The first kappa shape index (κ1) is 13.4. The minimum Gasteiger partial charge on any atom is -0.508 e. The normalized spacial score (nSPS) is 32.1. The van der Waals surface area contributed by atoms with Crippen LogP contribution in [0.3, 0.4) is 0 Å². The standard InChI is InChI=1S/C18H25NO2/c1-2-18-8-9-19(11-13-4-3-5-13)12-17(18)21-16-7-6-14(20)10-15(16)18/h6-7,10,13,17,20H,2-5,8-9,11-12H2,1H3/t17-,18-/m0/s1. The third-order valence-electron chi connectivity index (χ3n) is 6.06. The third-order valence-corrected chi connectivity index (χ3v) is 6.06. The first-order valence-electron chi connectivity index (χ1n) is 8.44. The quantitative estimate of drug-likeness (QED) is 0.926. The molecule has 0 radical (unpaired) electrons. The van der Waals surface area contributed by atoms with Crippen LogP contribution in [0.25, 0.3) is 0 Å². The van der Waals surface area contributed by atoms with E-state index in [0.29, 0.717) is 5.75 Å². The summed E-state index contributed by atoms with van der Waals surface area (Å²) in [6.45, 7) is 5.72.